The molecule has 6 atom stereocenters. The summed E-state index contributed by atoms with van der Waals surface area (Å²) in [7, 11) is 0. The predicted molar refractivity (Wildman–Crippen MR) is 93.9 cm³/mol. The summed E-state index contributed by atoms with van der Waals surface area (Å²) in [5, 5.41) is 21.3. The number of aldehydes is 1. The summed E-state index contributed by atoms with van der Waals surface area (Å²) in [4.78, 5) is 23.7. The maximum absolute atomic E-state index is 12.2. The third kappa shape index (κ3) is 1.89. The first-order valence-corrected chi connectivity index (χ1v) is 9.63. The van der Waals surface area contributed by atoms with E-state index in [-0.39, 0.29) is 23.0 Å². The molecule has 0 aromatic heterocycles. The molecule has 0 aliphatic heterocycles. The van der Waals surface area contributed by atoms with Crippen LogP contribution in [0, 0.1) is 34.5 Å². The molecule has 1 unspecified atom stereocenters. The first kappa shape index (κ1) is 16.9. The summed E-state index contributed by atoms with van der Waals surface area (Å²) in [5.74, 6) is 0.900. The normalized spacial score (nSPS) is 46.6. The molecule has 0 heterocycles. The fourth-order valence-corrected chi connectivity index (χ4v) is 6.91. The number of fused-ring (bicyclic) bond motifs is 5. The van der Waals surface area contributed by atoms with Gasteiger partial charge in [-0.05, 0) is 80.1 Å². The third-order valence-corrected chi connectivity index (χ3v) is 8.62. The Morgan fingerprint density at radius 2 is 1.80 bits per heavy atom. The zero-order valence-corrected chi connectivity index (χ0v) is 15.3. The molecule has 0 aromatic rings. The molecule has 4 nitrogen and oxygen atoms in total. The molecule has 4 rings (SSSR count). The summed E-state index contributed by atoms with van der Waals surface area (Å²) in [6.45, 7) is 6.72. The second-order valence-corrected chi connectivity index (χ2v) is 9.18. The SMILES string of the molecule is CC1CC[C@H]2[C@@H]3CCC4=C(O)C(=O)C(C=O)=C(O)[C@]4(C)[C@H]3CC[C@]12C. The van der Waals surface area contributed by atoms with Gasteiger partial charge in [0.2, 0.25) is 5.78 Å². The van der Waals surface area contributed by atoms with Crippen molar-refractivity contribution in [2.45, 2.75) is 59.3 Å². The van der Waals surface area contributed by atoms with Crippen molar-refractivity contribution in [3.8, 4) is 0 Å². The van der Waals surface area contributed by atoms with Crippen LogP contribution in [0.25, 0.3) is 0 Å². The number of rotatable bonds is 1. The molecule has 0 saturated heterocycles. The van der Waals surface area contributed by atoms with E-state index in [1.165, 1.54) is 12.8 Å². The average molecular weight is 344 g/mol. The maximum Gasteiger partial charge on any atom is 0.233 e. The zero-order chi connectivity index (χ0) is 18.1. The third-order valence-electron chi connectivity index (χ3n) is 8.62. The van der Waals surface area contributed by atoms with Crippen molar-refractivity contribution in [1.82, 2.24) is 0 Å². The van der Waals surface area contributed by atoms with Gasteiger partial charge in [-0.25, -0.2) is 0 Å². The number of hydrogen-bond donors (Lipinski definition) is 2. The van der Waals surface area contributed by atoms with Crippen LogP contribution in [0.2, 0.25) is 0 Å². The van der Waals surface area contributed by atoms with E-state index in [1.807, 2.05) is 6.92 Å². The molecule has 4 aliphatic rings. The minimum atomic E-state index is -0.774. The molecule has 3 saturated carbocycles. The van der Waals surface area contributed by atoms with Crippen LogP contribution in [0.1, 0.15) is 59.3 Å². The van der Waals surface area contributed by atoms with Crippen LogP contribution in [0.3, 0.4) is 0 Å². The van der Waals surface area contributed by atoms with Crippen LogP contribution in [-0.4, -0.2) is 22.3 Å². The van der Waals surface area contributed by atoms with E-state index in [1.54, 1.807) is 0 Å². The van der Waals surface area contributed by atoms with E-state index < -0.39 is 11.2 Å². The van der Waals surface area contributed by atoms with Crippen LogP contribution in [0.4, 0.5) is 0 Å². The second kappa shape index (κ2) is 5.21. The summed E-state index contributed by atoms with van der Waals surface area (Å²) >= 11 is 0. The lowest BCUT2D eigenvalue weighted by molar-refractivity contribution is -0.119. The Labute approximate surface area is 149 Å². The van der Waals surface area contributed by atoms with Gasteiger partial charge in [0.15, 0.2) is 12.0 Å². The van der Waals surface area contributed by atoms with E-state index in [2.05, 4.69) is 13.8 Å². The quantitative estimate of drug-likeness (QED) is 0.550. The highest BCUT2D eigenvalue weighted by molar-refractivity contribution is 6.20. The molecule has 25 heavy (non-hydrogen) atoms. The van der Waals surface area contributed by atoms with Crippen molar-refractivity contribution >= 4 is 12.1 Å². The number of carbonyl (C=O) groups excluding carboxylic acids is 2. The Bertz CT molecular complexity index is 713. The van der Waals surface area contributed by atoms with Gasteiger partial charge in [0, 0.05) is 0 Å². The smallest absolute Gasteiger partial charge is 0.233 e. The number of hydrogen-bond acceptors (Lipinski definition) is 4. The van der Waals surface area contributed by atoms with Gasteiger partial charge in [0.05, 0.1) is 5.41 Å². The van der Waals surface area contributed by atoms with Crippen molar-refractivity contribution in [2.75, 3.05) is 0 Å². The number of Topliss-reactive ketones (excluding diaryl/α,β-unsaturated/α-hetero) is 1. The summed E-state index contributed by atoms with van der Waals surface area (Å²) < 4.78 is 0. The van der Waals surface area contributed by atoms with Crippen molar-refractivity contribution in [3.63, 3.8) is 0 Å². The van der Waals surface area contributed by atoms with Gasteiger partial charge >= 0.3 is 0 Å². The van der Waals surface area contributed by atoms with Gasteiger partial charge in [-0.2, -0.15) is 0 Å². The Morgan fingerprint density at radius 1 is 1.08 bits per heavy atom. The van der Waals surface area contributed by atoms with Crippen LogP contribution < -0.4 is 0 Å². The summed E-state index contributed by atoms with van der Waals surface area (Å²) in [6, 6.07) is 0. The highest BCUT2D eigenvalue weighted by Gasteiger charge is 2.61. The van der Waals surface area contributed by atoms with Crippen molar-refractivity contribution < 1.29 is 19.8 Å². The fourth-order valence-electron chi connectivity index (χ4n) is 6.91. The van der Waals surface area contributed by atoms with Gasteiger partial charge in [-0.3, -0.25) is 9.59 Å². The first-order valence-electron chi connectivity index (χ1n) is 9.63. The molecule has 0 radical (unpaired) electrons. The molecule has 4 heteroatoms. The monoisotopic (exact) mass is 344 g/mol. The van der Waals surface area contributed by atoms with Crippen LogP contribution in [0.15, 0.2) is 22.7 Å². The number of aliphatic hydroxyl groups is 2. The van der Waals surface area contributed by atoms with Crippen molar-refractivity contribution in [1.29, 1.82) is 0 Å². The molecule has 2 N–H and O–H groups in total. The number of carbonyl (C=O) groups is 2. The maximum atomic E-state index is 12.2. The van der Waals surface area contributed by atoms with Crippen LogP contribution in [-0.2, 0) is 9.59 Å². The molecule has 0 bridgehead atoms. The largest absolute Gasteiger partial charge is 0.510 e. The lowest BCUT2D eigenvalue weighted by atomic mass is 9.47. The Morgan fingerprint density at radius 3 is 2.48 bits per heavy atom. The minimum Gasteiger partial charge on any atom is -0.510 e. The number of allylic oxidation sites excluding steroid dienone is 2. The Balaban J connectivity index is 1.82. The van der Waals surface area contributed by atoms with Gasteiger partial charge in [-0.1, -0.05) is 13.8 Å². The van der Waals surface area contributed by atoms with E-state index in [0.29, 0.717) is 35.5 Å². The highest BCUT2D eigenvalue weighted by atomic mass is 16.3. The lowest BCUT2D eigenvalue weighted by Gasteiger charge is -2.57. The van der Waals surface area contributed by atoms with Crippen LogP contribution >= 0.6 is 0 Å². The van der Waals surface area contributed by atoms with Crippen LogP contribution in [0.5, 0.6) is 0 Å². The van der Waals surface area contributed by atoms with Crippen molar-refractivity contribution in [2.24, 2.45) is 34.5 Å². The number of aliphatic hydroxyl groups excluding tert-OH is 2. The molecular weight excluding hydrogens is 316 g/mol. The minimum absolute atomic E-state index is 0.107. The first-order chi connectivity index (χ1) is 11.8. The fraction of sp³-hybridized carbons (Fsp3) is 0.714. The van der Waals surface area contributed by atoms with E-state index in [4.69, 9.17) is 0 Å². The van der Waals surface area contributed by atoms with E-state index >= 15 is 0 Å². The molecule has 0 spiro atoms. The highest BCUT2D eigenvalue weighted by Crippen LogP contribution is 2.67. The van der Waals surface area contributed by atoms with Gasteiger partial charge in [0.1, 0.15) is 11.3 Å². The molecule has 4 aliphatic carbocycles. The number of ketones is 1. The Kier molecular flexibility index (Phi) is 3.52. The van der Waals surface area contributed by atoms with Gasteiger partial charge in [-0.15, -0.1) is 0 Å². The average Bonchev–Trinajstić information content (AvgIpc) is 2.89. The van der Waals surface area contributed by atoms with Gasteiger partial charge < -0.3 is 10.2 Å². The standard InChI is InChI=1S/C21H28O4/c1-11-4-6-14-12-5-7-16-18(24)17(23)13(10-22)19(25)21(16,3)15(12)8-9-20(11,14)2/h10-12,14-15,24-25H,4-9H2,1-3H3/t11?,12-,14-,15-,20+,21+/m0/s1. The van der Waals surface area contributed by atoms with Gasteiger partial charge in [0.25, 0.3) is 0 Å². The van der Waals surface area contributed by atoms with E-state index in [0.717, 1.165) is 25.2 Å². The summed E-state index contributed by atoms with van der Waals surface area (Å²) in [5.41, 5.74) is -0.0170. The topological polar surface area (TPSA) is 74.6 Å². The molecule has 136 valence electrons. The molecule has 0 aromatic carbocycles. The predicted octanol–water partition coefficient (Wildman–Crippen LogP) is 4.27. The lowest BCUT2D eigenvalue weighted by Crippen LogP contribution is -2.51. The van der Waals surface area contributed by atoms with Crippen molar-refractivity contribution in [3.05, 3.63) is 22.7 Å². The molecule has 0 amide bonds. The molecular formula is C21H28O4. The molecule has 3 fully saturated rings. The second-order valence-electron chi connectivity index (χ2n) is 9.18. The zero-order valence-electron chi connectivity index (χ0n) is 15.3. The van der Waals surface area contributed by atoms with E-state index in [9.17, 15) is 19.8 Å². The summed E-state index contributed by atoms with van der Waals surface area (Å²) in [6.07, 6.45) is 6.57. The Hall–Kier alpha value is -1.58.